The minimum atomic E-state index is -0.274. The largest absolute Gasteiger partial charge is 0.454 e. The van der Waals surface area contributed by atoms with Crippen molar-refractivity contribution in [3.63, 3.8) is 0 Å². The molecule has 0 unspecified atom stereocenters. The maximum absolute atomic E-state index is 12.7. The fourth-order valence-corrected chi connectivity index (χ4v) is 4.02. The van der Waals surface area contributed by atoms with Crippen LogP contribution >= 0.6 is 0 Å². The standard InChI is InChI=1S/C23H24N4O4/c1-15(22(28)26-19-5-3-2-4-17(19)13-24)27-10-8-16(9-11-27)23(29)25-18-6-7-20-21(12-18)31-14-30-20/h2-7,12,15-16H,8-11,14H2,1H3,(H,25,29)(H,26,28)/p+1/t15-/m0/s1. The number of hydrogen-bond donors (Lipinski definition) is 3. The van der Waals surface area contributed by atoms with Gasteiger partial charge in [-0.1, -0.05) is 12.1 Å². The van der Waals surface area contributed by atoms with Crippen LogP contribution in [0.1, 0.15) is 25.3 Å². The van der Waals surface area contributed by atoms with Crippen molar-refractivity contribution in [1.29, 1.82) is 5.26 Å². The molecule has 2 heterocycles. The number of benzene rings is 2. The van der Waals surface area contributed by atoms with Crippen LogP contribution in [0.4, 0.5) is 11.4 Å². The number of nitrogens with zero attached hydrogens (tertiary/aromatic N) is 1. The fourth-order valence-electron chi connectivity index (χ4n) is 4.02. The predicted octanol–water partition coefficient (Wildman–Crippen LogP) is 1.55. The van der Waals surface area contributed by atoms with Gasteiger partial charge >= 0.3 is 0 Å². The first-order valence-electron chi connectivity index (χ1n) is 10.4. The van der Waals surface area contributed by atoms with E-state index in [1.165, 1.54) is 0 Å². The van der Waals surface area contributed by atoms with Crippen molar-refractivity contribution in [3.05, 3.63) is 48.0 Å². The van der Waals surface area contributed by atoms with E-state index >= 15 is 0 Å². The average molecular weight is 421 g/mol. The smallest absolute Gasteiger partial charge is 0.282 e. The van der Waals surface area contributed by atoms with E-state index in [0.717, 1.165) is 18.0 Å². The molecule has 0 bridgehead atoms. The SMILES string of the molecule is C[C@@H](C(=O)Nc1ccccc1C#N)[NH+]1CCC(C(=O)Nc2ccc3c(c2)OCO3)CC1. The molecule has 1 saturated heterocycles. The topological polar surface area (TPSA) is 105 Å². The normalized spacial score (nSPS) is 20.4. The van der Waals surface area contributed by atoms with Gasteiger partial charge in [0.2, 0.25) is 12.7 Å². The Bertz CT molecular complexity index is 1020. The molecule has 0 radical (unpaired) electrons. The number of para-hydroxylation sites is 1. The van der Waals surface area contributed by atoms with Gasteiger partial charge in [0.1, 0.15) is 6.07 Å². The first-order valence-corrected chi connectivity index (χ1v) is 10.4. The molecule has 0 aromatic heterocycles. The number of ether oxygens (including phenoxy) is 2. The van der Waals surface area contributed by atoms with Crippen LogP contribution < -0.4 is 25.0 Å². The van der Waals surface area contributed by atoms with Gasteiger partial charge in [-0.2, -0.15) is 5.26 Å². The highest BCUT2D eigenvalue weighted by molar-refractivity contribution is 5.95. The highest BCUT2D eigenvalue weighted by Crippen LogP contribution is 2.34. The maximum atomic E-state index is 12.7. The van der Waals surface area contributed by atoms with Crippen molar-refractivity contribution in [2.45, 2.75) is 25.8 Å². The number of carbonyl (C=O) groups excluding carboxylic acids is 2. The first-order chi connectivity index (χ1) is 15.0. The number of anilines is 2. The minimum Gasteiger partial charge on any atom is -0.454 e. The van der Waals surface area contributed by atoms with Crippen molar-refractivity contribution in [2.24, 2.45) is 5.92 Å². The molecular weight excluding hydrogens is 396 g/mol. The summed E-state index contributed by atoms with van der Waals surface area (Å²) in [6.45, 7) is 3.54. The van der Waals surface area contributed by atoms with Gasteiger partial charge in [-0.15, -0.1) is 0 Å². The Morgan fingerprint density at radius 2 is 1.84 bits per heavy atom. The molecule has 31 heavy (non-hydrogen) atoms. The molecule has 1 fully saturated rings. The van der Waals surface area contributed by atoms with Crippen LogP contribution in [-0.4, -0.2) is 37.7 Å². The summed E-state index contributed by atoms with van der Waals surface area (Å²) < 4.78 is 10.6. The highest BCUT2D eigenvalue weighted by Gasteiger charge is 2.33. The molecule has 160 valence electrons. The molecule has 8 nitrogen and oxygen atoms in total. The lowest BCUT2D eigenvalue weighted by Gasteiger charge is -2.32. The predicted molar refractivity (Wildman–Crippen MR) is 114 cm³/mol. The first kappa shape index (κ1) is 20.7. The Morgan fingerprint density at radius 3 is 2.61 bits per heavy atom. The van der Waals surface area contributed by atoms with Gasteiger partial charge in [0.05, 0.1) is 24.3 Å². The molecule has 3 N–H and O–H groups in total. The number of quaternary nitrogens is 1. The Morgan fingerprint density at radius 1 is 1.10 bits per heavy atom. The lowest BCUT2D eigenvalue weighted by atomic mass is 9.94. The Labute approximate surface area is 180 Å². The van der Waals surface area contributed by atoms with Gasteiger partial charge in [0.25, 0.3) is 5.91 Å². The van der Waals surface area contributed by atoms with E-state index in [2.05, 4.69) is 16.7 Å². The van der Waals surface area contributed by atoms with Gasteiger partial charge in [-0.25, -0.2) is 0 Å². The second-order valence-electron chi connectivity index (χ2n) is 7.86. The van der Waals surface area contributed by atoms with Gasteiger partial charge in [-0.3, -0.25) is 9.59 Å². The molecule has 0 saturated carbocycles. The number of likely N-dealkylation sites (tertiary alicyclic amines) is 1. The zero-order valence-electron chi connectivity index (χ0n) is 17.3. The number of piperidine rings is 1. The quantitative estimate of drug-likeness (QED) is 0.679. The van der Waals surface area contributed by atoms with Crippen LogP contribution in [0, 0.1) is 17.2 Å². The molecule has 2 aliphatic heterocycles. The molecule has 1 atom stereocenters. The summed E-state index contributed by atoms with van der Waals surface area (Å²) in [5, 5.41) is 15.0. The molecule has 0 spiro atoms. The molecule has 4 rings (SSSR count). The number of nitrogens with one attached hydrogen (secondary N) is 3. The Kier molecular flexibility index (Phi) is 6.05. The van der Waals surface area contributed by atoms with Gasteiger partial charge < -0.3 is 25.0 Å². The van der Waals surface area contributed by atoms with Gasteiger partial charge in [-0.05, 0) is 31.2 Å². The van der Waals surface area contributed by atoms with Crippen LogP contribution in [0.5, 0.6) is 11.5 Å². The molecule has 0 aliphatic carbocycles. The van der Waals surface area contributed by atoms with Gasteiger partial charge in [0, 0.05) is 30.5 Å². The van der Waals surface area contributed by atoms with E-state index in [-0.39, 0.29) is 30.6 Å². The maximum Gasteiger partial charge on any atom is 0.282 e. The number of fused-ring (bicyclic) bond motifs is 1. The third kappa shape index (κ3) is 4.62. The summed E-state index contributed by atoms with van der Waals surface area (Å²) in [5.41, 5.74) is 1.66. The third-order valence-electron chi connectivity index (χ3n) is 5.95. The zero-order valence-corrected chi connectivity index (χ0v) is 17.3. The summed E-state index contributed by atoms with van der Waals surface area (Å²) in [7, 11) is 0. The monoisotopic (exact) mass is 421 g/mol. The van der Waals surface area contributed by atoms with Crippen molar-refractivity contribution in [2.75, 3.05) is 30.5 Å². The zero-order chi connectivity index (χ0) is 21.8. The number of hydrogen-bond acceptors (Lipinski definition) is 5. The second-order valence-corrected chi connectivity index (χ2v) is 7.86. The molecular formula is C23H25N4O4+. The van der Waals surface area contributed by atoms with Gasteiger partial charge in [0.15, 0.2) is 17.5 Å². The third-order valence-corrected chi connectivity index (χ3v) is 5.95. The van der Waals surface area contributed by atoms with Crippen LogP contribution in [0.2, 0.25) is 0 Å². The lowest BCUT2D eigenvalue weighted by molar-refractivity contribution is -0.919. The minimum absolute atomic E-state index is 0.0158. The average Bonchev–Trinajstić information content (AvgIpc) is 3.27. The van der Waals surface area contributed by atoms with Crippen molar-refractivity contribution in [1.82, 2.24) is 0 Å². The van der Waals surface area contributed by atoms with Crippen LogP contribution in [0.15, 0.2) is 42.5 Å². The molecule has 8 heteroatoms. The molecule has 2 amide bonds. The van der Waals surface area contributed by atoms with Crippen molar-refractivity contribution >= 4 is 23.2 Å². The summed E-state index contributed by atoms with van der Waals surface area (Å²) in [5.74, 6) is 1.08. The van der Waals surface area contributed by atoms with Crippen LogP contribution in [-0.2, 0) is 9.59 Å². The number of amides is 2. The van der Waals surface area contributed by atoms with E-state index in [0.29, 0.717) is 41.3 Å². The van der Waals surface area contributed by atoms with E-state index in [1.807, 2.05) is 6.92 Å². The van der Waals surface area contributed by atoms with E-state index in [9.17, 15) is 14.9 Å². The van der Waals surface area contributed by atoms with E-state index in [1.54, 1.807) is 42.5 Å². The summed E-state index contributed by atoms with van der Waals surface area (Å²) >= 11 is 0. The fraction of sp³-hybridized carbons (Fsp3) is 0.348. The highest BCUT2D eigenvalue weighted by atomic mass is 16.7. The summed E-state index contributed by atoms with van der Waals surface area (Å²) in [6, 6.07) is 14.1. The van der Waals surface area contributed by atoms with Crippen LogP contribution in [0.3, 0.4) is 0 Å². The molecule has 2 aromatic carbocycles. The van der Waals surface area contributed by atoms with E-state index < -0.39 is 0 Å². The number of carbonyl (C=O) groups is 2. The number of nitriles is 1. The number of rotatable bonds is 5. The van der Waals surface area contributed by atoms with E-state index in [4.69, 9.17) is 9.47 Å². The lowest BCUT2D eigenvalue weighted by Crippen LogP contribution is -3.17. The summed E-state index contributed by atoms with van der Waals surface area (Å²) in [4.78, 5) is 26.5. The van der Waals surface area contributed by atoms with Crippen LogP contribution in [0.25, 0.3) is 0 Å². The van der Waals surface area contributed by atoms with Crippen molar-refractivity contribution < 1.29 is 24.0 Å². The summed E-state index contributed by atoms with van der Waals surface area (Å²) in [6.07, 6.45) is 1.41. The molecule has 2 aromatic rings. The Hall–Kier alpha value is -3.57. The Balaban J connectivity index is 1.29. The second kappa shape index (κ2) is 9.06. The molecule has 2 aliphatic rings. The van der Waals surface area contributed by atoms with Crippen molar-refractivity contribution in [3.8, 4) is 17.6 Å².